The van der Waals surface area contributed by atoms with Gasteiger partial charge in [0.25, 0.3) is 5.91 Å². The lowest BCUT2D eigenvalue weighted by atomic mass is 10.1. The maximum Gasteiger partial charge on any atom is 0.257 e. The van der Waals surface area contributed by atoms with Gasteiger partial charge in [-0.2, -0.15) is 0 Å². The Hall–Kier alpha value is -2.09. The van der Waals surface area contributed by atoms with Crippen LogP contribution in [0, 0.1) is 27.7 Å². The summed E-state index contributed by atoms with van der Waals surface area (Å²) in [6.45, 7) is 7.46. The zero-order valence-electron chi connectivity index (χ0n) is 16.4. The van der Waals surface area contributed by atoms with Crippen LogP contribution in [-0.4, -0.2) is 34.0 Å². The van der Waals surface area contributed by atoms with Crippen molar-refractivity contribution >= 4 is 27.5 Å². The van der Waals surface area contributed by atoms with Crippen LogP contribution in [0.15, 0.2) is 35.2 Å². The third kappa shape index (κ3) is 5.95. The Morgan fingerprint density at radius 3 is 2.25 bits per heavy atom. The normalized spacial score (nSPS) is 11.3. The lowest BCUT2D eigenvalue weighted by Gasteiger charge is -2.12. The molecule has 8 heteroatoms. The van der Waals surface area contributed by atoms with E-state index in [1.807, 2.05) is 26.8 Å². The molecular weight excluding hydrogens is 400 g/mol. The van der Waals surface area contributed by atoms with Gasteiger partial charge in [-0.25, -0.2) is 13.1 Å². The lowest BCUT2D eigenvalue weighted by molar-refractivity contribution is -0.123. The van der Waals surface area contributed by atoms with Gasteiger partial charge in [0.05, 0.1) is 4.90 Å². The zero-order chi connectivity index (χ0) is 20.9. The molecule has 28 heavy (non-hydrogen) atoms. The standard InChI is InChI=1S/C20H25ClN2O4S/c1-13-5-6-18(14(2)9-13)28(25,26)23-8-7-22-19(24)12-27-17-10-15(3)20(21)16(4)11-17/h5-6,9-11,23H,7-8,12H2,1-4H3,(H,22,24). The lowest BCUT2D eigenvalue weighted by Crippen LogP contribution is -2.37. The molecule has 0 aliphatic carbocycles. The predicted octanol–water partition coefficient (Wildman–Crippen LogP) is 3.05. The van der Waals surface area contributed by atoms with Gasteiger partial charge >= 0.3 is 0 Å². The van der Waals surface area contributed by atoms with E-state index in [9.17, 15) is 13.2 Å². The average Bonchev–Trinajstić information content (AvgIpc) is 2.61. The summed E-state index contributed by atoms with van der Waals surface area (Å²) in [5, 5.41) is 3.30. The fourth-order valence-electron chi connectivity index (χ4n) is 2.76. The average molecular weight is 425 g/mol. The first kappa shape index (κ1) is 22.2. The molecule has 1 amide bonds. The molecule has 6 nitrogen and oxygen atoms in total. The smallest absolute Gasteiger partial charge is 0.257 e. The van der Waals surface area contributed by atoms with Crippen LogP contribution in [0.4, 0.5) is 0 Å². The molecule has 0 spiro atoms. The topological polar surface area (TPSA) is 84.5 Å². The minimum atomic E-state index is -3.62. The Labute approximate surface area is 171 Å². The minimum absolute atomic E-state index is 0.0839. The number of carbonyl (C=O) groups excluding carboxylic acids is 1. The molecule has 2 aromatic carbocycles. The molecule has 0 aromatic heterocycles. The molecule has 0 bridgehead atoms. The number of aryl methyl sites for hydroxylation is 4. The largest absolute Gasteiger partial charge is 0.484 e. The Balaban J connectivity index is 1.79. The number of rotatable bonds is 8. The highest BCUT2D eigenvalue weighted by molar-refractivity contribution is 7.89. The molecule has 0 unspecified atom stereocenters. The maximum absolute atomic E-state index is 12.4. The van der Waals surface area contributed by atoms with Crippen molar-refractivity contribution in [1.82, 2.24) is 10.0 Å². The zero-order valence-corrected chi connectivity index (χ0v) is 18.0. The number of hydrogen-bond donors (Lipinski definition) is 2. The van der Waals surface area contributed by atoms with Crippen molar-refractivity contribution in [2.45, 2.75) is 32.6 Å². The molecular formula is C20H25ClN2O4S. The van der Waals surface area contributed by atoms with Crippen molar-refractivity contribution in [3.63, 3.8) is 0 Å². The summed E-state index contributed by atoms with van der Waals surface area (Å²) in [7, 11) is -3.62. The van der Waals surface area contributed by atoms with Crippen LogP contribution in [0.3, 0.4) is 0 Å². The number of carbonyl (C=O) groups is 1. The summed E-state index contributed by atoms with van der Waals surface area (Å²) in [6, 6.07) is 8.67. The molecule has 0 heterocycles. The summed E-state index contributed by atoms with van der Waals surface area (Å²) in [6.07, 6.45) is 0. The van der Waals surface area contributed by atoms with Gasteiger partial charge in [-0.15, -0.1) is 0 Å². The van der Waals surface area contributed by atoms with E-state index in [0.717, 1.165) is 16.7 Å². The molecule has 0 radical (unpaired) electrons. The highest BCUT2D eigenvalue weighted by Crippen LogP contribution is 2.25. The van der Waals surface area contributed by atoms with Crippen molar-refractivity contribution in [3.05, 3.63) is 57.6 Å². The van der Waals surface area contributed by atoms with E-state index >= 15 is 0 Å². The highest BCUT2D eigenvalue weighted by atomic mass is 35.5. The van der Waals surface area contributed by atoms with Crippen molar-refractivity contribution < 1.29 is 17.9 Å². The number of sulfonamides is 1. The van der Waals surface area contributed by atoms with Gasteiger partial charge in [-0.3, -0.25) is 4.79 Å². The molecule has 2 N–H and O–H groups in total. The first-order valence-corrected chi connectivity index (χ1v) is 10.7. The van der Waals surface area contributed by atoms with Crippen molar-refractivity contribution in [2.75, 3.05) is 19.7 Å². The first-order valence-electron chi connectivity index (χ1n) is 8.83. The predicted molar refractivity (Wildman–Crippen MR) is 111 cm³/mol. The molecule has 0 saturated heterocycles. The van der Waals surface area contributed by atoms with Crippen molar-refractivity contribution in [1.29, 1.82) is 0 Å². The fourth-order valence-corrected chi connectivity index (χ4v) is 4.12. The number of hydrogen-bond acceptors (Lipinski definition) is 4. The second-order valence-electron chi connectivity index (χ2n) is 6.68. The van der Waals surface area contributed by atoms with Crippen LogP contribution < -0.4 is 14.8 Å². The van der Waals surface area contributed by atoms with Gasteiger partial charge in [0, 0.05) is 18.1 Å². The Morgan fingerprint density at radius 1 is 1.00 bits per heavy atom. The van der Waals surface area contributed by atoms with Gasteiger partial charge in [0.2, 0.25) is 10.0 Å². The van der Waals surface area contributed by atoms with Crippen LogP contribution in [0.1, 0.15) is 22.3 Å². The summed E-state index contributed by atoms with van der Waals surface area (Å²) in [4.78, 5) is 12.1. The van der Waals surface area contributed by atoms with E-state index in [4.69, 9.17) is 16.3 Å². The SMILES string of the molecule is Cc1ccc(S(=O)(=O)NCCNC(=O)COc2cc(C)c(Cl)c(C)c2)c(C)c1. The van der Waals surface area contributed by atoms with Crippen LogP contribution in [0.25, 0.3) is 0 Å². The molecule has 0 aliphatic heterocycles. The molecule has 0 aliphatic rings. The number of benzene rings is 2. The quantitative estimate of drug-likeness (QED) is 0.638. The van der Waals surface area contributed by atoms with Gasteiger partial charge in [-0.05, 0) is 62.6 Å². The number of halogens is 1. The van der Waals surface area contributed by atoms with Gasteiger partial charge in [-0.1, -0.05) is 29.3 Å². The number of amides is 1. The summed E-state index contributed by atoms with van der Waals surface area (Å²) >= 11 is 6.10. The summed E-state index contributed by atoms with van der Waals surface area (Å²) < 4.78 is 32.7. The van der Waals surface area contributed by atoms with E-state index in [2.05, 4.69) is 10.0 Å². The van der Waals surface area contributed by atoms with E-state index in [1.54, 1.807) is 31.2 Å². The first-order chi connectivity index (χ1) is 13.1. The summed E-state index contributed by atoms with van der Waals surface area (Å²) in [5.41, 5.74) is 3.42. The highest BCUT2D eigenvalue weighted by Gasteiger charge is 2.16. The van der Waals surface area contributed by atoms with E-state index in [1.165, 1.54) is 0 Å². The third-order valence-corrected chi connectivity index (χ3v) is 6.36. The van der Waals surface area contributed by atoms with Gasteiger partial charge < -0.3 is 10.1 Å². The monoisotopic (exact) mass is 424 g/mol. The molecule has 0 saturated carbocycles. The van der Waals surface area contributed by atoms with Crippen LogP contribution >= 0.6 is 11.6 Å². The van der Waals surface area contributed by atoms with Gasteiger partial charge in [0.15, 0.2) is 6.61 Å². The molecule has 2 rings (SSSR count). The second-order valence-corrected chi connectivity index (χ2v) is 8.79. The van der Waals surface area contributed by atoms with E-state index in [0.29, 0.717) is 16.3 Å². The maximum atomic E-state index is 12.4. The third-order valence-electron chi connectivity index (χ3n) is 4.14. The van der Waals surface area contributed by atoms with Crippen LogP contribution in [0.2, 0.25) is 5.02 Å². The summed E-state index contributed by atoms with van der Waals surface area (Å²) in [5.74, 6) is 0.223. The van der Waals surface area contributed by atoms with Crippen LogP contribution in [0.5, 0.6) is 5.75 Å². The second kappa shape index (κ2) is 9.41. The molecule has 2 aromatic rings. The fraction of sp³-hybridized carbons (Fsp3) is 0.350. The van der Waals surface area contributed by atoms with Gasteiger partial charge in [0.1, 0.15) is 5.75 Å². The Morgan fingerprint density at radius 2 is 1.64 bits per heavy atom. The number of nitrogens with one attached hydrogen (secondary N) is 2. The molecule has 0 fully saturated rings. The van der Waals surface area contributed by atoms with Crippen molar-refractivity contribution in [2.24, 2.45) is 0 Å². The van der Waals surface area contributed by atoms with E-state index in [-0.39, 0.29) is 30.5 Å². The Kier molecular flexibility index (Phi) is 7.46. The molecule has 0 atom stereocenters. The van der Waals surface area contributed by atoms with Crippen molar-refractivity contribution in [3.8, 4) is 5.75 Å². The molecule has 152 valence electrons. The Bertz CT molecular complexity index is 951. The van der Waals surface area contributed by atoms with E-state index < -0.39 is 10.0 Å². The van der Waals surface area contributed by atoms with Crippen LogP contribution in [-0.2, 0) is 14.8 Å². The minimum Gasteiger partial charge on any atom is -0.484 e. The number of ether oxygens (including phenoxy) is 1.